The average Bonchev–Trinajstić information content (AvgIpc) is 2.73. The number of hydrogen-bond acceptors (Lipinski definition) is 5. The normalized spacial score (nSPS) is 10.4. The number of phenols is 2. The Balaban J connectivity index is 1.47. The highest BCUT2D eigenvalue weighted by atomic mass is 16.3. The molecule has 7 heteroatoms. The molecule has 1 heterocycles. The van der Waals surface area contributed by atoms with Gasteiger partial charge in [-0.1, -0.05) is 30.3 Å². The second kappa shape index (κ2) is 10.1. The minimum atomic E-state index is -0.189. The van der Waals surface area contributed by atoms with Gasteiger partial charge < -0.3 is 20.8 Å². The molecule has 7 nitrogen and oxygen atoms in total. The molecule has 0 aliphatic rings. The van der Waals surface area contributed by atoms with Gasteiger partial charge in [0.05, 0.1) is 0 Å². The molecule has 0 radical (unpaired) electrons. The van der Waals surface area contributed by atoms with Crippen molar-refractivity contribution >= 4 is 23.5 Å². The van der Waals surface area contributed by atoms with Crippen LogP contribution in [0.1, 0.15) is 24.0 Å². The summed E-state index contributed by atoms with van der Waals surface area (Å²) in [4.78, 5) is 28.6. The number of aromatic hydroxyl groups is 2. The van der Waals surface area contributed by atoms with Crippen molar-refractivity contribution < 1.29 is 19.8 Å². The Bertz CT molecular complexity index is 923. The van der Waals surface area contributed by atoms with Gasteiger partial charge >= 0.3 is 0 Å². The van der Waals surface area contributed by atoms with E-state index in [9.17, 15) is 19.8 Å². The summed E-state index contributed by atoms with van der Waals surface area (Å²) in [5.74, 6) is 0.727. The quantitative estimate of drug-likeness (QED) is 0.457. The van der Waals surface area contributed by atoms with Crippen molar-refractivity contribution in [2.75, 3.05) is 10.6 Å². The van der Waals surface area contributed by atoms with Gasteiger partial charge in [-0.05, 0) is 60.4 Å². The SMILES string of the molecule is O=C(CCc1ccc(O)cc1)Nc1cccc(NC(=O)CCc2ccc(O)cc2)n1. The number of carbonyl (C=O) groups excluding carboxylic acids is 2. The summed E-state index contributed by atoms with van der Waals surface area (Å²) in [7, 11) is 0. The van der Waals surface area contributed by atoms with Gasteiger partial charge in [-0.3, -0.25) is 9.59 Å². The first-order valence-electron chi connectivity index (χ1n) is 9.60. The second-order valence-electron chi connectivity index (χ2n) is 6.84. The molecule has 3 rings (SSSR count). The molecule has 1 aromatic heterocycles. The number of benzene rings is 2. The van der Waals surface area contributed by atoms with Crippen molar-refractivity contribution in [2.45, 2.75) is 25.7 Å². The smallest absolute Gasteiger partial charge is 0.225 e. The zero-order valence-corrected chi connectivity index (χ0v) is 16.3. The molecule has 30 heavy (non-hydrogen) atoms. The lowest BCUT2D eigenvalue weighted by Crippen LogP contribution is -2.16. The van der Waals surface area contributed by atoms with Gasteiger partial charge in [0.25, 0.3) is 0 Å². The number of rotatable bonds is 8. The van der Waals surface area contributed by atoms with E-state index in [0.29, 0.717) is 24.5 Å². The molecule has 0 unspecified atom stereocenters. The molecule has 3 aromatic rings. The number of pyridine rings is 1. The Morgan fingerprint density at radius 2 is 1.07 bits per heavy atom. The van der Waals surface area contributed by atoms with Gasteiger partial charge in [0.1, 0.15) is 23.1 Å². The first-order valence-corrected chi connectivity index (χ1v) is 9.60. The lowest BCUT2D eigenvalue weighted by Gasteiger charge is -2.08. The fourth-order valence-electron chi connectivity index (χ4n) is 2.83. The van der Waals surface area contributed by atoms with Gasteiger partial charge in [0.2, 0.25) is 11.8 Å². The Kier molecular flexibility index (Phi) is 7.00. The van der Waals surface area contributed by atoms with Crippen molar-refractivity contribution in [3.8, 4) is 11.5 Å². The first-order chi connectivity index (χ1) is 14.5. The van der Waals surface area contributed by atoms with E-state index < -0.39 is 0 Å². The monoisotopic (exact) mass is 405 g/mol. The van der Waals surface area contributed by atoms with E-state index in [1.807, 2.05) is 0 Å². The van der Waals surface area contributed by atoms with Crippen molar-refractivity contribution in [1.82, 2.24) is 4.98 Å². The molecule has 154 valence electrons. The van der Waals surface area contributed by atoms with E-state index >= 15 is 0 Å². The number of aromatic nitrogens is 1. The third-order valence-electron chi connectivity index (χ3n) is 4.44. The van der Waals surface area contributed by atoms with Gasteiger partial charge in [-0.2, -0.15) is 0 Å². The summed E-state index contributed by atoms with van der Waals surface area (Å²) in [6, 6.07) is 18.5. The average molecular weight is 405 g/mol. The number of aryl methyl sites for hydroxylation is 2. The Morgan fingerprint density at radius 3 is 1.47 bits per heavy atom. The van der Waals surface area contributed by atoms with E-state index in [4.69, 9.17) is 0 Å². The number of amides is 2. The Hall–Kier alpha value is -3.87. The maximum absolute atomic E-state index is 12.2. The van der Waals surface area contributed by atoms with Crippen LogP contribution in [0.2, 0.25) is 0 Å². The lowest BCUT2D eigenvalue weighted by molar-refractivity contribution is -0.116. The summed E-state index contributed by atoms with van der Waals surface area (Å²) < 4.78 is 0. The summed E-state index contributed by atoms with van der Waals surface area (Å²) >= 11 is 0. The molecular formula is C23H23N3O4. The molecule has 2 aromatic carbocycles. The van der Waals surface area contributed by atoms with E-state index in [2.05, 4.69) is 15.6 Å². The fraction of sp³-hybridized carbons (Fsp3) is 0.174. The van der Waals surface area contributed by atoms with E-state index in [1.165, 1.54) is 0 Å². The van der Waals surface area contributed by atoms with Crippen molar-refractivity contribution in [3.63, 3.8) is 0 Å². The Labute approximate surface area is 174 Å². The van der Waals surface area contributed by atoms with Crippen LogP contribution in [0.3, 0.4) is 0 Å². The maximum atomic E-state index is 12.2. The third kappa shape index (κ3) is 6.63. The van der Waals surface area contributed by atoms with Gasteiger partial charge in [-0.25, -0.2) is 4.98 Å². The van der Waals surface area contributed by atoms with Crippen LogP contribution in [0.25, 0.3) is 0 Å². The topological polar surface area (TPSA) is 112 Å². The van der Waals surface area contributed by atoms with Crippen LogP contribution >= 0.6 is 0 Å². The van der Waals surface area contributed by atoms with Gasteiger partial charge in [-0.15, -0.1) is 0 Å². The van der Waals surface area contributed by atoms with Crippen LogP contribution in [0, 0.1) is 0 Å². The summed E-state index contributed by atoms with van der Waals surface area (Å²) in [5, 5.41) is 24.0. The molecule has 2 amide bonds. The molecule has 0 spiro atoms. The van der Waals surface area contributed by atoms with Crippen LogP contribution in [0.5, 0.6) is 11.5 Å². The van der Waals surface area contributed by atoms with E-state index in [-0.39, 0.29) is 36.2 Å². The van der Waals surface area contributed by atoms with Crippen molar-refractivity contribution in [3.05, 3.63) is 77.9 Å². The number of hydrogen-bond donors (Lipinski definition) is 4. The third-order valence-corrected chi connectivity index (χ3v) is 4.44. The predicted octanol–water partition coefficient (Wildman–Crippen LogP) is 3.64. The molecule has 0 fully saturated rings. The highest BCUT2D eigenvalue weighted by Crippen LogP contribution is 2.14. The van der Waals surface area contributed by atoms with Crippen LogP contribution in [0.4, 0.5) is 11.6 Å². The zero-order chi connectivity index (χ0) is 21.3. The highest BCUT2D eigenvalue weighted by molar-refractivity contribution is 5.92. The summed E-state index contributed by atoms with van der Waals surface area (Å²) in [6.07, 6.45) is 1.63. The first kappa shape index (κ1) is 20.9. The maximum Gasteiger partial charge on any atom is 0.225 e. The second-order valence-corrected chi connectivity index (χ2v) is 6.84. The van der Waals surface area contributed by atoms with Crippen molar-refractivity contribution in [1.29, 1.82) is 0 Å². The summed E-state index contributed by atoms with van der Waals surface area (Å²) in [5.41, 5.74) is 1.90. The fourth-order valence-corrected chi connectivity index (χ4v) is 2.83. The molecule has 0 atom stereocenters. The molecule has 0 aliphatic heterocycles. The number of phenolic OH excluding ortho intramolecular Hbond substituents is 2. The number of nitrogens with one attached hydrogen (secondary N) is 2. The zero-order valence-electron chi connectivity index (χ0n) is 16.3. The van der Waals surface area contributed by atoms with E-state index in [0.717, 1.165) is 11.1 Å². The largest absolute Gasteiger partial charge is 0.508 e. The minimum absolute atomic E-state index is 0.189. The molecular weight excluding hydrogens is 382 g/mol. The van der Waals surface area contributed by atoms with Crippen LogP contribution in [-0.4, -0.2) is 27.0 Å². The van der Waals surface area contributed by atoms with Crippen molar-refractivity contribution in [2.24, 2.45) is 0 Å². The number of carbonyl (C=O) groups is 2. The van der Waals surface area contributed by atoms with Crippen LogP contribution in [0.15, 0.2) is 66.7 Å². The van der Waals surface area contributed by atoms with Crippen LogP contribution < -0.4 is 10.6 Å². The predicted molar refractivity (Wildman–Crippen MR) is 114 cm³/mol. The molecule has 0 saturated carbocycles. The van der Waals surface area contributed by atoms with E-state index in [1.54, 1.807) is 66.7 Å². The molecule has 0 bridgehead atoms. The van der Waals surface area contributed by atoms with Gasteiger partial charge in [0.15, 0.2) is 0 Å². The number of anilines is 2. The number of nitrogens with zero attached hydrogens (tertiary/aromatic N) is 1. The lowest BCUT2D eigenvalue weighted by atomic mass is 10.1. The molecule has 0 aliphatic carbocycles. The molecule has 4 N–H and O–H groups in total. The summed E-state index contributed by atoms with van der Waals surface area (Å²) in [6.45, 7) is 0. The van der Waals surface area contributed by atoms with Gasteiger partial charge in [0, 0.05) is 12.8 Å². The standard InChI is InChI=1S/C23H23N3O4/c27-18-10-4-16(5-11-18)8-14-22(29)25-20-2-1-3-21(24-20)26-23(30)15-9-17-6-12-19(28)13-7-17/h1-7,10-13,27-28H,8-9,14-15H2,(H2,24,25,26,29,30). The van der Waals surface area contributed by atoms with Crippen LogP contribution in [-0.2, 0) is 22.4 Å². The highest BCUT2D eigenvalue weighted by Gasteiger charge is 2.08. The Morgan fingerprint density at radius 1 is 0.667 bits per heavy atom. The minimum Gasteiger partial charge on any atom is -0.508 e. The molecule has 0 saturated heterocycles.